The van der Waals surface area contributed by atoms with Crippen molar-refractivity contribution < 1.29 is 13.6 Å². The van der Waals surface area contributed by atoms with Gasteiger partial charge < -0.3 is 0 Å². The summed E-state index contributed by atoms with van der Waals surface area (Å²) in [6.45, 7) is 3.60. The van der Waals surface area contributed by atoms with Gasteiger partial charge in [0, 0.05) is 5.56 Å². The molecule has 1 aromatic carbocycles. The Morgan fingerprint density at radius 2 is 2.00 bits per heavy atom. The lowest BCUT2D eigenvalue weighted by Gasteiger charge is -2.15. The fraction of sp³-hybridized carbons (Fsp3) is 0.0769. The lowest BCUT2D eigenvalue weighted by Crippen LogP contribution is -2.23. The summed E-state index contributed by atoms with van der Waals surface area (Å²) >= 11 is -2.24. The molecule has 2 aromatic rings. The number of rotatable bonds is 6. The van der Waals surface area contributed by atoms with Gasteiger partial charge in [0.1, 0.15) is 12.7 Å². The van der Waals surface area contributed by atoms with Crippen LogP contribution in [0.4, 0.5) is 0 Å². The first kappa shape index (κ1) is 15.1. The number of nitrogens with one attached hydrogen (secondary N) is 1. The summed E-state index contributed by atoms with van der Waals surface area (Å²) in [5.74, 6) is -0.393. The Morgan fingerprint density at radius 1 is 1.33 bits per heavy atom. The minimum atomic E-state index is -2.24. The zero-order chi connectivity index (χ0) is 15.2. The van der Waals surface area contributed by atoms with E-state index >= 15 is 0 Å². The molecule has 2 atom stereocenters. The molecule has 1 heterocycles. The van der Waals surface area contributed by atoms with Gasteiger partial charge in [0.25, 0.3) is 0 Å². The normalized spacial score (nSPS) is 13.4. The van der Waals surface area contributed by atoms with E-state index in [1.807, 2.05) is 0 Å². The predicted octanol–water partition coefficient (Wildman–Crippen LogP) is 1.06. The number of ketones is 1. The molecular weight excluding hydrogens is 292 g/mol. The summed E-state index contributed by atoms with van der Waals surface area (Å²) in [5, 5.41) is 0. The molecule has 0 aliphatic heterocycles. The van der Waals surface area contributed by atoms with E-state index in [9.17, 15) is 9.00 Å². The second-order valence-electron chi connectivity index (χ2n) is 3.96. The molecule has 7 nitrogen and oxygen atoms in total. The molecular formula is C13H12N4O3S. The van der Waals surface area contributed by atoms with Gasteiger partial charge in [-0.15, -0.1) is 6.58 Å². The van der Waals surface area contributed by atoms with Crippen molar-refractivity contribution in [2.45, 2.75) is 6.04 Å². The maximum atomic E-state index is 12.4. The molecule has 2 N–H and O–H groups in total. The van der Waals surface area contributed by atoms with Crippen LogP contribution in [-0.4, -0.2) is 29.5 Å². The molecule has 2 rings (SSSR count). The SMILES string of the molecule is C=CC(NS(=O)O)c1ccccc1C(=O)c1ncncn1. The van der Waals surface area contributed by atoms with Gasteiger partial charge in [-0.05, 0) is 5.56 Å². The number of hydrogen-bond acceptors (Lipinski definition) is 5. The van der Waals surface area contributed by atoms with Crippen LogP contribution >= 0.6 is 0 Å². The molecule has 0 bridgehead atoms. The molecule has 8 heteroatoms. The van der Waals surface area contributed by atoms with E-state index in [2.05, 4.69) is 26.3 Å². The largest absolute Gasteiger partial charge is 0.294 e. The first-order valence-electron chi connectivity index (χ1n) is 5.88. The van der Waals surface area contributed by atoms with E-state index in [1.165, 1.54) is 18.7 Å². The van der Waals surface area contributed by atoms with Gasteiger partial charge in [0.15, 0.2) is 0 Å². The smallest absolute Gasteiger partial charge is 0.232 e. The van der Waals surface area contributed by atoms with Crippen LogP contribution in [0.25, 0.3) is 0 Å². The van der Waals surface area contributed by atoms with E-state index in [0.29, 0.717) is 11.1 Å². The minimum Gasteiger partial charge on any atom is -0.294 e. The molecule has 0 saturated carbocycles. The molecule has 0 spiro atoms. The Kier molecular flexibility index (Phi) is 4.99. The van der Waals surface area contributed by atoms with Crippen molar-refractivity contribution in [2.75, 3.05) is 0 Å². The highest BCUT2D eigenvalue weighted by Crippen LogP contribution is 2.21. The van der Waals surface area contributed by atoms with Crippen molar-refractivity contribution >= 4 is 17.0 Å². The molecule has 108 valence electrons. The van der Waals surface area contributed by atoms with Gasteiger partial charge >= 0.3 is 0 Å². The van der Waals surface area contributed by atoms with Crippen molar-refractivity contribution in [3.63, 3.8) is 0 Å². The summed E-state index contributed by atoms with van der Waals surface area (Å²) in [4.78, 5) is 23.7. The predicted molar refractivity (Wildman–Crippen MR) is 76.5 cm³/mol. The molecule has 2 unspecified atom stereocenters. The number of benzene rings is 1. The van der Waals surface area contributed by atoms with Crippen LogP contribution in [0.2, 0.25) is 0 Å². The van der Waals surface area contributed by atoms with Crippen LogP contribution in [0.1, 0.15) is 27.8 Å². The van der Waals surface area contributed by atoms with Crippen LogP contribution in [0.15, 0.2) is 49.6 Å². The van der Waals surface area contributed by atoms with E-state index < -0.39 is 23.1 Å². The average Bonchev–Trinajstić information content (AvgIpc) is 2.52. The number of nitrogens with zero attached hydrogens (tertiary/aromatic N) is 3. The third kappa shape index (κ3) is 3.63. The zero-order valence-corrected chi connectivity index (χ0v) is 11.7. The summed E-state index contributed by atoms with van der Waals surface area (Å²) in [6, 6.07) is 6.02. The van der Waals surface area contributed by atoms with E-state index in [0.717, 1.165) is 0 Å². The van der Waals surface area contributed by atoms with Gasteiger partial charge in [-0.2, -0.15) is 0 Å². The van der Waals surface area contributed by atoms with Crippen LogP contribution in [0.3, 0.4) is 0 Å². The number of hydrogen-bond donors (Lipinski definition) is 2. The van der Waals surface area contributed by atoms with Crippen LogP contribution in [-0.2, 0) is 11.3 Å². The lowest BCUT2D eigenvalue weighted by molar-refractivity contribution is 0.102. The number of aromatic nitrogens is 3. The Balaban J connectivity index is 2.43. The first-order chi connectivity index (χ1) is 10.1. The second-order valence-corrected chi connectivity index (χ2v) is 4.69. The van der Waals surface area contributed by atoms with Crippen molar-refractivity contribution in [1.82, 2.24) is 19.7 Å². The highest BCUT2D eigenvalue weighted by Gasteiger charge is 2.20. The van der Waals surface area contributed by atoms with Gasteiger partial charge in [0.05, 0.1) is 6.04 Å². The number of carbonyl (C=O) groups excluding carboxylic acids is 1. The van der Waals surface area contributed by atoms with Gasteiger partial charge in [-0.25, -0.2) is 23.9 Å². The summed E-state index contributed by atoms with van der Waals surface area (Å²) in [5.41, 5.74) is 0.840. The Morgan fingerprint density at radius 3 is 2.62 bits per heavy atom. The fourth-order valence-corrected chi connectivity index (χ4v) is 2.24. The maximum absolute atomic E-state index is 12.4. The number of carbonyl (C=O) groups is 1. The molecule has 0 aliphatic rings. The molecule has 0 aliphatic carbocycles. The van der Waals surface area contributed by atoms with Crippen molar-refractivity contribution in [3.05, 3.63) is 66.5 Å². The molecule has 1 aromatic heterocycles. The highest BCUT2D eigenvalue weighted by atomic mass is 32.2. The van der Waals surface area contributed by atoms with Crippen molar-refractivity contribution in [2.24, 2.45) is 0 Å². The topological polar surface area (TPSA) is 105 Å². The highest BCUT2D eigenvalue weighted by molar-refractivity contribution is 7.77. The fourth-order valence-electron chi connectivity index (χ4n) is 1.80. The van der Waals surface area contributed by atoms with Crippen molar-refractivity contribution in [3.8, 4) is 0 Å². The van der Waals surface area contributed by atoms with Gasteiger partial charge in [0.2, 0.25) is 22.9 Å². The van der Waals surface area contributed by atoms with Crippen LogP contribution in [0, 0.1) is 0 Å². The Labute approximate surface area is 123 Å². The van der Waals surface area contributed by atoms with Gasteiger partial charge in [-0.3, -0.25) is 9.35 Å². The van der Waals surface area contributed by atoms with Crippen LogP contribution < -0.4 is 4.72 Å². The first-order valence-corrected chi connectivity index (χ1v) is 6.99. The van der Waals surface area contributed by atoms with E-state index in [-0.39, 0.29) is 5.82 Å². The molecule has 0 radical (unpaired) electrons. The van der Waals surface area contributed by atoms with E-state index in [4.69, 9.17) is 4.55 Å². The Hall–Kier alpha value is -2.29. The standard InChI is InChI=1S/C13H12N4O3S/c1-2-11(17-21(19)20)9-5-3-4-6-10(9)12(18)13-15-7-14-8-16-13/h2-8,11,17H,1H2,(H,19,20). The van der Waals surface area contributed by atoms with Crippen LogP contribution in [0.5, 0.6) is 0 Å². The zero-order valence-electron chi connectivity index (χ0n) is 10.8. The summed E-state index contributed by atoms with van der Waals surface area (Å²) in [6.07, 6.45) is 3.90. The quantitative estimate of drug-likeness (QED) is 0.469. The van der Waals surface area contributed by atoms with E-state index in [1.54, 1.807) is 24.3 Å². The third-order valence-corrected chi connectivity index (χ3v) is 3.16. The second kappa shape index (κ2) is 6.93. The summed E-state index contributed by atoms with van der Waals surface area (Å²) in [7, 11) is 0. The Bertz CT molecular complexity index is 678. The molecule has 21 heavy (non-hydrogen) atoms. The molecule has 0 amide bonds. The maximum Gasteiger partial charge on any atom is 0.232 e. The third-order valence-electron chi connectivity index (χ3n) is 2.70. The minimum absolute atomic E-state index is 0.00498. The monoisotopic (exact) mass is 304 g/mol. The molecule has 0 saturated heterocycles. The van der Waals surface area contributed by atoms with Gasteiger partial charge in [-0.1, -0.05) is 30.3 Å². The molecule has 0 fully saturated rings. The van der Waals surface area contributed by atoms with Crippen molar-refractivity contribution in [1.29, 1.82) is 0 Å². The summed E-state index contributed by atoms with van der Waals surface area (Å²) < 4.78 is 22.3. The average molecular weight is 304 g/mol. The lowest BCUT2D eigenvalue weighted by atomic mass is 9.97.